The first-order chi connectivity index (χ1) is 9.18. The zero-order valence-electron chi connectivity index (χ0n) is 10.4. The molecule has 0 aliphatic carbocycles. The third kappa shape index (κ3) is 8.86. The SMILES string of the molecule is O=S(=O)(O)C(F)(F)F.OCCCOCc1ccccc1. The zero-order chi connectivity index (χ0) is 15.6. The lowest BCUT2D eigenvalue weighted by Gasteiger charge is -2.01. The Kier molecular flexibility index (Phi) is 8.39. The highest BCUT2D eigenvalue weighted by Gasteiger charge is 2.44. The number of hydrogen-bond donors (Lipinski definition) is 2. The molecular formula is C11H15F3O5S. The van der Waals surface area contributed by atoms with Crippen LogP contribution in [-0.2, 0) is 21.5 Å². The first-order valence-corrected chi connectivity index (χ1v) is 6.88. The summed E-state index contributed by atoms with van der Waals surface area (Å²) in [6.45, 7) is 1.47. The van der Waals surface area contributed by atoms with E-state index in [9.17, 15) is 13.2 Å². The molecule has 0 aliphatic rings. The summed E-state index contributed by atoms with van der Waals surface area (Å²) in [6, 6.07) is 10.0. The summed E-state index contributed by atoms with van der Waals surface area (Å²) in [5.41, 5.74) is -4.36. The molecule has 0 bridgehead atoms. The van der Waals surface area contributed by atoms with Gasteiger partial charge >= 0.3 is 15.6 Å². The third-order valence-electron chi connectivity index (χ3n) is 1.85. The van der Waals surface area contributed by atoms with Crippen molar-refractivity contribution in [3.8, 4) is 0 Å². The molecule has 1 rings (SSSR count). The van der Waals surface area contributed by atoms with Gasteiger partial charge < -0.3 is 9.84 Å². The second-order valence-corrected chi connectivity index (χ2v) is 4.95. The van der Waals surface area contributed by atoms with Crippen molar-refractivity contribution in [1.29, 1.82) is 0 Å². The standard InChI is InChI=1S/C10H14O2.CHF3O3S/c11-7-4-8-12-9-10-5-2-1-3-6-10;2-1(3,4)8(5,6)7/h1-3,5-6,11H,4,7-9H2;(H,5,6,7). The van der Waals surface area contributed by atoms with Gasteiger partial charge in [0, 0.05) is 13.2 Å². The first kappa shape index (κ1) is 18.8. The number of ether oxygens (including phenoxy) is 1. The molecule has 0 saturated carbocycles. The van der Waals surface area contributed by atoms with Crippen molar-refractivity contribution in [2.75, 3.05) is 13.2 Å². The number of alkyl halides is 3. The average Bonchev–Trinajstić information content (AvgIpc) is 2.34. The maximum Gasteiger partial charge on any atom is 0.522 e. The molecular weight excluding hydrogens is 301 g/mol. The highest BCUT2D eigenvalue weighted by Crippen LogP contribution is 2.20. The molecule has 20 heavy (non-hydrogen) atoms. The van der Waals surface area contributed by atoms with Gasteiger partial charge in [-0.25, -0.2) is 0 Å². The predicted octanol–water partition coefficient (Wildman–Crippen LogP) is 1.98. The van der Waals surface area contributed by atoms with Crippen LogP contribution in [0.5, 0.6) is 0 Å². The quantitative estimate of drug-likeness (QED) is 0.493. The molecule has 0 heterocycles. The van der Waals surface area contributed by atoms with E-state index in [-0.39, 0.29) is 6.61 Å². The highest BCUT2D eigenvalue weighted by atomic mass is 32.2. The molecule has 1 aromatic carbocycles. The summed E-state index contributed by atoms with van der Waals surface area (Å²) in [5.74, 6) is 0. The predicted molar refractivity (Wildman–Crippen MR) is 65.4 cm³/mol. The molecule has 0 fully saturated rings. The third-order valence-corrected chi connectivity index (χ3v) is 2.44. The van der Waals surface area contributed by atoms with Gasteiger partial charge in [0.15, 0.2) is 0 Å². The molecule has 0 spiro atoms. The maximum atomic E-state index is 10.7. The van der Waals surface area contributed by atoms with E-state index in [0.29, 0.717) is 19.6 Å². The summed E-state index contributed by atoms with van der Waals surface area (Å²) in [6.07, 6.45) is 0.715. The fraction of sp³-hybridized carbons (Fsp3) is 0.455. The monoisotopic (exact) mass is 316 g/mol. The Bertz CT molecular complexity index is 459. The normalized spacial score (nSPS) is 11.7. The van der Waals surface area contributed by atoms with Gasteiger partial charge in [-0.15, -0.1) is 0 Å². The van der Waals surface area contributed by atoms with Crippen LogP contribution in [0.2, 0.25) is 0 Å². The first-order valence-electron chi connectivity index (χ1n) is 5.44. The molecule has 116 valence electrons. The number of aliphatic hydroxyl groups excluding tert-OH is 1. The number of rotatable bonds is 5. The topological polar surface area (TPSA) is 83.8 Å². The molecule has 0 radical (unpaired) electrons. The summed E-state index contributed by atoms with van der Waals surface area (Å²) < 4.78 is 62.8. The van der Waals surface area contributed by atoms with E-state index in [1.165, 1.54) is 5.56 Å². The molecule has 5 nitrogen and oxygen atoms in total. The summed E-state index contributed by atoms with van der Waals surface area (Å²) in [4.78, 5) is 0. The van der Waals surface area contributed by atoms with E-state index < -0.39 is 15.6 Å². The Balaban J connectivity index is 0.000000396. The van der Waals surface area contributed by atoms with Gasteiger partial charge in [-0.05, 0) is 12.0 Å². The molecule has 2 N–H and O–H groups in total. The Hall–Kier alpha value is -1.16. The van der Waals surface area contributed by atoms with Gasteiger partial charge in [0.05, 0.1) is 6.61 Å². The molecule has 0 unspecified atom stereocenters. The van der Waals surface area contributed by atoms with Crippen molar-refractivity contribution in [3.05, 3.63) is 35.9 Å². The minimum atomic E-state index is -5.84. The van der Waals surface area contributed by atoms with E-state index in [1.807, 2.05) is 30.3 Å². The average molecular weight is 316 g/mol. The fourth-order valence-corrected chi connectivity index (χ4v) is 0.931. The van der Waals surface area contributed by atoms with Gasteiger partial charge in [-0.2, -0.15) is 21.6 Å². The number of benzene rings is 1. The lowest BCUT2D eigenvalue weighted by atomic mass is 10.2. The molecule has 9 heteroatoms. The van der Waals surface area contributed by atoms with Crippen LogP contribution in [0, 0.1) is 0 Å². The minimum absolute atomic E-state index is 0.203. The Morgan fingerprint density at radius 1 is 1.15 bits per heavy atom. The van der Waals surface area contributed by atoms with Crippen molar-refractivity contribution >= 4 is 10.1 Å². The van der Waals surface area contributed by atoms with Crippen molar-refractivity contribution < 1.29 is 36.0 Å². The van der Waals surface area contributed by atoms with Gasteiger partial charge in [-0.1, -0.05) is 30.3 Å². The number of halogens is 3. The Morgan fingerprint density at radius 2 is 1.65 bits per heavy atom. The molecule has 0 saturated heterocycles. The molecule has 1 aromatic rings. The van der Waals surface area contributed by atoms with E-state index in [4.69, 9.17) is 22.8 Å². The minimum Gasteiger partial charge on any atom is -0.396 e. The van der Waals surface area contributed by atoms with Crippen LogP contribution in [0.1, 0.15) is 12.0 Å². The molecule has 0 aliphatic heterocycles. The van der Waals surface area contributed by atoms with E-state index in [2.05, 4.69) is 0 Å². The van der Waals surface area contributed by atoms with Gasteiger partial charge in [-0.3, -0.25) is 4.55 Å². The van der Waals surface area contributed by atoms with Gasteiger partial charge in [0.1, 0.15) is 0 Å². The van der Waals surface area contributed by atoms with Gasteiger partial charge in [0.2, 0.25) is 0 Å². The van der Waals surface area contributed by atoms with Crippen LogP contribution >= 0.6 is 0 Å². The fourth-order valence-electron chi connectivity index (χ4n) is 0.931. The van der Waals surface area contributed by atoms with Crippen LogP contribution in [0.15, 0.2) is 30.3 Å². The summed E-state index contributed by atoms with van der Waals surface area (Å²) in [7, 11) is -5.84. The van der Waals surface area contributed by atoms with E-state index in [0.717, 1.165) is 0 Å². The second kappa shape index (κ2) is 8.90. The van der Waals surface area contributed by atoms with E-state index >= 15 is 0 Å². The maximum absolute atomic E-state index is 10.7. The second-order valence-electron chi connectivity index (χ2n) is 3.54. The molecule has 0 amide bonds. The van der Waals surface area contributed by atoms with E-state index in [1.54, 1.807) is 0 Å². The van der Waals surface area contributed by atoms with Crippen LogP contribution in [0.25, 0.3) is 0 Å². The van der Waals surface area contributed by atoms with Crippen molar-refractivity contribution in [2.45, 2.75) is 18.5 Å². The van der Waals surface area contributed by atoms with Gasteiger partial charge in [0.25, 0.3) is 0 Å². The number of aliphatic hydroxyl groups is 1. The zero-order valence-corrected chi connectivity index (χ0v) is 11.2. The van der Waals surface area contributed by atoms with Crippen molar-refractivity contribution in [2.24, 2.45) is 0 Å². The number of hydrogen-bond acceptors (Lipinski definition) is 4. The molecule has 0 atom stereocenters. The van der Waals surface area contributed by atoms with Crippen LogP contribution in [-0.4, -0.2) is 36.8 Å². The van der Waals surface area contributed by atoms with Crippen molar-refractivity contribution in [1.82, 2.24) is 0 Å². The van der Waals surface area contributed by atoms with Crippen LogP contribution in [0.4, 0.5) is 13.2 Å². The molecule has 0 aromatic heterocycles. The smallest absolute Gasteiger partial charge is 0.396 e. The van der Waals surface area contributed by atoms with Crippen LogP contribution < -0.4 is 0 Å². The summed E-state index contributed by atoms with van der Waals surface area (Å²) >= 11 is 0. The lowest BCUT2D eigenvalue weighted by Crippen LogP contribution is -2.21. The van der Waals surface area contributed by atoms with Crippen molar-refractivity contribution in [3.63, 3.8) is 0 Å². The summed E-state index contributed by atoms with van der Waals surface area (Å²) in [5, 5.41) is 8.48. The van der Waals surface area contributed by atoms with Crippen LogP contribution in [0.3, 0.4) is 0 Å². The largest absolute Gasteiger partial charge is 0.522 e. The Morgan fingerprint density at radius 3 is 2.05 bits per heavy atom. The lowest BCUT2D eigenvalue weighted by molar-refractivity contribution is -0.0510. The highest BCUT2D eigenvalue weighted by molar-refractivity contribution is 7.86. The Labute approximate surface area is 114 Å².